The molecule has 0 saturated carbocycles. The van der Waals surface area contributed by atoms with Crippen molar-refractivity contribution in [1.82, 2.24) is 0 Å². The second-order valence-corrected chi connectivity index (χ2v) is 2.74. The van der Waals surface area contributed by atoms with E-state index in [9.17, 15) is 0 Å². The summed E-state index contributed by atoms with van der Waals surface area (Å²) in [5.74, 6) is 0.809. The average molecular weight is 218 g/mol. The van der Waals surface area contributed by atoms with Gasteiger partial charge >= 0.3 is 51.4 Å². The van der Waals surface area contributed by atoms with E-state index in [1.165, 1.54) is 0 Å². The molecule has 0 atom stereocenters. The first-order valence-electron chi connectivity index (χ1n) is 4.06. The van der Waals surface area contributed by atoms with E-state index in [4.69, 9.17) is 4.74 Å². The van der Waals surface area contributed by atoms with E-state index in [0.29, 0.717) is 6.61 Å². The van der Waals surface area contributed by atoms with Crippen LogP contribution >= 0.6 is 0 Å². The van der Waals surface area contributed by atoms with Gasteiger partial charge in [0, 0.05) is 19.8 Å². The fourth-order valence-corrected chi connectivity index (χ4v) is 0.950. The normalized spacial score (nSPS) is 8.21. The minimum absolute atomic E-state index is 0. The van der Waals surface area contributed by atoms with Crippen LogP contribution in [0.3, 0.4) is 0 Å². The predicted molar refractivity (Wildman–Crippen MR) is 57.2 cm³/mol. The summed E-state index contributed by atoms with van der Waals surface area (Å²) in [4.78, 5) is 2.04. The molecular weight excluding hydrogens is 201 g/mol. The zero-order chi connectivity index (χ0) is 8.97. The van der Waals surface area contributed by atoms with Crippen LogP contribution in [-0.4, -0.2) is 20.7 Å². The summed E-state index contributed by atoms with van der Waals surface area (Å²) in [6.45, 7) is 2.66. The maximum absolute atomic E-state index is 5.31. The van der Waals surface area contributed by atoms with Crippen LogP contribution in [0.5, 0.6) is 5.75 Å². The van der Waals surface area contributed by atoms with E-state index in [0.717, 1.165) is 11.4 Å². The summed E-state index contributed by atoms with van der Waals surface area (Å²) in [7, 11) is 4.01. The molecule has 14 heavy (non-hydrogen) atoms. The first-order chi connectivity index (χ1) is 5.74. The molecule has 0 unspecified atom stereocenters. The van der Waals surface area contributed by atoms with Crippen molar-refractivity contribution in [2.75, 3.05) is 25.6 Å². The Morgan fingerprint density at radius 2 is 2.07 bits per heavy atom. The number of hydrogen-bond acceptors (Lipinski definition) is 2. The van der Waals surface area contributed by atoms with Crippen LogP contribution < -0.4 is 61.0 Å². The Bertz CT molecular complexity index is 251. The largest absolute Gasteiger partial charge is 1.00 e. The van der Waals surface area contributed by atoms with Gasteiger partial charge in [0.2, 0.25) is 0 Å². The maximum Gasteiger partial charge on any atom is 1.00 e. The molecule has 0 radical (unpaired) electrons. The molecule has 74 valence electrons. The van der Waals surface area contributed by atoms with Crippen molar-refractivity contribution in [1.29, 1.82) is 0 Å². The summed E-state index contributed by atoms with van der Waals surface area (Å²) < 4.78 is 5.31. The molecule has 0 heterocycles. The van der Waals surface area contributed by atoms with Gasteiger partial charge in [0.25, 0.3) is 0 Å². The molecule has 0 fully saturated rings. The van der Waals surface area contributed by atoms with Crippen LogP contribution in [-0.2, 0) is 0 Å². The monoisotopic (exact) mass is 218 g/mol. The van der Waals surface area contributed by atoms with Gasteiger partial charge in [-0.15, -0.1) is 18.2 Å². The molecule has 0 aliphatic heterocycles. The number of nitrogens with zero attached hydrogens (tertiary/aromatic N) is 1. The van der Waals surface area contributed by atoms with Crippen molar-refractivity contribution in [3.8, 4) is 5.75 Å². The zero-order valence-corrected chi connectivity index (χ0v) is 12.9. The summed E-state index contributed by atoms with van der Waals surface area (Å²) in [5, 5.41) is 0. The number of benzene rings is 1. The third-order valence-corrected chi connectivity index (χ3v) is 1.57. The Kier molecular flexibility index (Phi) is 10.5. The fraction of sp³-hybridized carbons (Fsp3) is 0.364. The second-order valence-electron chi connectivity index (χ2n) is 2.74. The molecule has 0 saturated heterocycles. The Labute approximate surface area is 130 Å². The van der Waals surface area contributed by atoms with E-state index < -0.39 is 0 Å². The first kappa shape index (κ1) is 16.9. The summed E-state index contributed by atoms with van der Waals surface area (Å²) in [6.07, 6.45) is 0. The minimum atomic E-state index is 0. The van der Waals surface area contributed by atoms with Crippen LogP contribution in [0.4, 0.5) is 5.69 Å². The summed E-state index contributed by atoms with van der Waals surface area (Å²) in [5.41, 5.74) is 1.14. The number of anilines is 1. The molecule has 0 N–H and O–H groups in total. The van der Waals surface area contributed by atoms with Crippen LogP contribution in [0.25, 0.3) is 0 Å². The molecule has 3 heteroatoms. The molecule has 0 bridgehead atoms. The van der Waals surface area contributed by atoms with Gasteiger partial charge in [-0.25, -0.2) is 0 Å². The van der Waals surface area contributed by atoms with Gasteiger partial charge in [-0.05, 0) is 6.92 Å². The van der Waals surface area contributed by atoms with E-state index in [-0.39, 0.29) is 58.8 Å². The molecular formula is C11H17KNO-. The van der Waals surface area contributed by atoms with E-state index in [1.54, 1.807) is 0 Å². The van der Waals surface area contributed by atoms with E-state index in [1.807, 2.05) is 44.1 Å². The second kappa shape index (κ2) is 8.74. The standard InChI is InChI=1S/C10H14NO.CH3.K/c1-4-12-10-7-5-6-9(8-10)11(2)3;;/h5-6,8H,4H2,1-3H3;1H3;/q2*-1;+1. The molecule has 1 aromatic rings. The smallest absolute Gasteiger partial charge is 0.520 e. The van der Waals surface area contributed by atoms with Gasteiger partial charge in [-0.2, -0.15) is 6.07 Å². The van der Waals surface area contributed by atoms with Crippen LogP contribution in [0, 0.1) is 13.5 Å². The van der Waals surface area contributed by atoms with Crippen molar-refractivity contribution in [2.24, 2.45) is 0 Å². The van der Waals surface area contributed by atoms with Crippen LogP contribution in [0.15, 0.2) is 18.2 Å². The van der Waals surface area contributed by atoms with Crippen molar-refractivity contribution in [3.63, 3.8) is 0 Å². The number of hydrogen-bond donors (Lipinski definition) is 0. The van der Waals surface area contributed by atoms with Gasteiger partial charge < -0.3 is 17.1 Å². The molecule has 1 rings (SSSR count). The third kappa shape index (κ3) is 5.37. The van der Waals surface area contributed by atoms with Gasteiger partial charge in [0.1, 0.15) is 0 Å². The average Bonchev–Trinajstić information content (AvgIpc) is 2.05. The molecule has 0 aromatic heterocycles. The van der Waals surface area contributed by atoms with Gasteiger partial charge in [-0.3, -0.25) is 0 Å². The van der Waals surface area contributed by atoms with Crippen molar-refractivity contribution >= 4 is 5.69 Å². The van der Waals surface area contributed by atoms with Gasteiger partial charge in [0.05, 0.1) is 6.61 Å². The number of ether oxygens (including phenoxy) is 1. The fourth-order valence-electron chi connectivity index (χ4n) is 0.950. The Morgan fingerprint density at radius 1 is 1.43 bits per heavy atom. The molecule has 2 nitrogen and oxygen atoms in total. The molecule has 0 spiro atoms. The van der Waals surface area contributed by atoms with Crippen molar-refractivity contribution in [3.05, 3.63) is 31.7 Å². The van der Waals surface area contributed by atoms with E-state index >= 15 is 0 Å². The molecule has 0 aliphatic carbocycles. The minimum Gasteiger partial charge on any atom is -0.520 e. The maximum atomic E-state index is 5.31. The van der Waals surface area contributed by atoms with Crippen LogP contribution in [0.2, 0.25) is 0 Å². The van der Waals surface area contributed by atoms with Crippen molar-refractivity contribution < 1.29 is 56.1 Å². The topological polar surface area (TPSA) is 12.5 Å². The summed E-state index contributed by atoms with van der Waals surface area (Å²) >= 11 is 0. The Balaban J connectivity index is 0. The van der Waals surface area contributed by atoms with Crippen LogP contribution in [0.1, 0.15) is 6.92 Å². The SMILES string of the molecule is CCOc1[c-]ccc(N(C)C)c1.[CH3-].[K+]. The molecule has 1 aromatic carbocycles. The summed E-state index contributed by atoms with van der Waals surface area (Å²) in [6, 6.07) is 8.87. The number of rotatable bonds is 3. The quantitative estimate of drug-likeness (QED) is 0.496. The Morgan fingerprint density at radius 3 is 2.57 bits per heavy atom. The third-order valence-electron chi connectivity index (χ3n) is 1.57. The van der Waals surface area contributed by atoms with E-state index in [2.05, 4.69) is 6.07 Å². The molecule has 0 amide bonds. The van der Waals surface area contributed by atoms with Crippen molar-refractivity contribution in [2.45, 2.75) is 6.92 Å². The first-order valence-corrected chi connectivity index (χ1v) is 4.06. The van der Waals surface area contributed by atoms with Gasteiger partial charge in [-0.1, -0.05) is 5.69 Å². The zero-order valence-electron chi connectivity index (χ0n) is 9.79. The predicted octanol–water partition coefficient (Wildman–Crippen LogP) is -0.594. The Hall–Kier alpha value is 0.456. The molecule has 0 aliphatic rings. The van der Waals surface area contributed by atoms with Gasteiger partial charge in [0.15, 0.2) is 0 Å².